The van der Waals surface area contributed by atoms with Gasteiger partial charge in [-0.3, -0.25) is 9.78 Å². The van der Waals surface area contributed by atoms with Crippen LogP contribution < -0.4 is 5.32 Å². The minimum atomic E-state index is -1.16. The molecule has 0 aliphatic heterocycles. The van der Waals surface area contributed by atoms with Gasteiger partial charge >= 0.3 is 5.97 Å². The van der Waals surface area contributed by atoms with Crippen LogP contribution in [0.4, 0.5) is 0 Å². The molecule has 0 atom stereocenters. The molecule has 2 aromatic rings. The SMILES string of the molecule is O=C(O)c1cccc(C(=O)NCc2ccncc2)n1. The smallest absolute Gasteiger partial charge is 0.354 e. The van der Waals surface area contributed by atoms with E-state index in [1.54, 1.807) is 24.5 Å². The number of rotatable bonds is 4. The van der Waals surface area contributed by atoms with Gasteiger partial charge in [-0.25, -0.2) is 9.78 Å². The van der Waals surface area contributed by atoms with Crippen LogP contribution in [0.5, 0.6) is 0 Å². The van der Waals surface area contributed by atoms with Gasteiger partial charge < -0.3 is 10.4 Å². The molecule has 1 amide bonds. The Morgan fingerprint density at radius 1 is 1.11 bits per heavy atom. The van der Waals surface area contributed by atoms with Gasteiger partial charge in [-0.05, 0) is 29.8 Å². The molecule has 0 saturated heterocycles. The van der Waals surface area contributed by atoms with E-state index in [1.165, 1.54) is 18.2 Å². The minimum absolute atomic E-state index is 0.0777. The number of aromatic nitrogens is 2. The van der Waals surface area contributed by atoms with E-state index < -0.39 is 11.9 Å². The predicted octanol–water partition coefficient (Wildman–Crippen LogP) is 1.10. The lowest BCUT2D eigenvalue weighted by Gasteiger charge is -2.05. The molecule has 0 radical (unpaired) electrons. The standard InChI is InChI=1S/C13H11N3O3/c17-12(15-8-9-4-6-14-7-5-9)10-2-1-3-11(16-10)13(18)19/h1-7H,8H2,(H,15,17)(H,18,19). The zero-order valence-electron chi connectivity index (χ0n) is 9.91. The van der Waals surface area contributed by atoms with E-state index >= 15 is 0 Å². The Morgan fingerprint density at radius 2 is 1.79 bits per heavy atom. The second kappa shape index (κ2) is 5.72. The lowest BCUT2D eigenvalue weighted by molar-refractivity contribution is 0.0690. The summed E-state index contributed by atoms with van der Waals surface area (Å²) in [5.41, 5.74) is 0.822. The first kappa shape index (κ1) is 12.7. The largest absolute Gasteiger partial charge is 0.477 e. The average molecular weight is 257 g/mol. The monoisotopic (exact) mass is 257 g/mol. The molecular weight excluding hydrogens is 246 g/mol. The number of carboxylic acid groups (broad SMARTS) is 1. The van der Waals surface area contributed by atoms with Gasteiger partial charge in [0.1, 0.15) is 11.4 Å². The van der Waals surface area contributed by atoms with Gasteiger partial charge in [0.05, 0.1) is 0 Å². The molecule has 0 saturated carbocycles. The molecule has 0 aliphatic carbocycles. The first-order valence-corrected chi connectivity index (χ1v) is 5.54. The normalized spacial score (nSPS) is 9.89. The lowest BCUT2D eigenvalue weighted by atomic mass is 10.2. The molecule has 19 heavy (non-hydrogen) atoms. The third kappa shape index (κ3) is 3.35. The molecule has 6 heteroatoms. The zero-order valence-corrected chi connectivity index (χ0v) is 9.91. The topological polar surface area (TPSA) is 92.2 Å². The van der Waals surface area contributed by atoms with Gasteiger partial charge in [0.2, 0.25) is 0 Å². The van der Waals surface area contributed by atoms with Crippen LogP contribution in [0.25, 0.3) is 0 Å². The second-order valence-electron chi connectivity index (χ2n) is 3.75. The molecule has 0 fully saturated rings. The lowest BCUT2D eigenvalue weighted by Crippen LogP contribution is -2.24. The Hall–Kier alpha value is -2.76. The summed E-state index contributed by atoms with van der Waals surface area (Å²) < 4.78 is 0. The maximum absolute atomic E-state index is 11.8. The fraction of sp³-hybridized carbons (Fsp3) is 0.0769. The van der Waals surface area contributed by atoms with Crippen molar-refractivity contribution in [2.24, 2.45) is 0 Å². The molecule has 2 N–H and O–H groups in total. The minimum Gasteiger partial charge on any atom is -0.477 e. The van der Waals surface area contributed by atoms with Gasteiger partial charge in [0.15, 0.2) is 0 Å². The molecule has 2 aromatic heterocycles. The van der Waals surface area contributed by atoms with E-state index in [2.05, 4.69) is 15.3 Å². The van der Waals surface area contributed by atoms with E-state index in [1.807, 2.05) is 0 Å². The Kier molecular flexibility index (Phi) is 3.82. The summed E-state index contributed by atoms with van der Waals surface area (Å²) >= 11 is 0. The van der Waals surface area contributed by atoms with Crippen molar-refractivity contribution in [3.63, 3.8) is 0 Å². The van der Waals surface area contributed by atoms with Crippen molar-refractivity contribution in [2.75, 3.05) is 0 Å². The highest BCUT2D eigenvalue weighted by Gasteiger charge is 2.10. The Bertz CT molecular complexity index is 599. The number of aromatic carboxylic acids is 1. The fourth-order valence-corrected chi connectivity index (χ4v) is 1.45. The van der Waals surface area contributed by atoms with Crippen molar-refractivity contribution in [2.45, 2.75) is 6.54 Å². The molecule has 0 aliphatic rings. The van der Waals surface area contributed by atoms with Crippen LogP contribution >= 0.6 is 0 Å². The second-order valence-corrected chi connectivity index (χ2v) is 3.75. The molecular formula is C13H11N3O3. The van der Waals surface area contributed by atoms with E-state index in [-0.39, 0.29) is 11.4 Å². The predicted molar refractivity (Wildman–Crippen MR) is 66.6 cm³/mol. The zero-order chi connectivity index (χ0) is 13.7. The van der Waals surface area contributed by atoms with Crippen LogP contribution in [0.2, 0.25) is 0 Å². The van der Waals surface area contributed by atoms with Crippen molar-refractivity contribution in [1.82, 2.24) is 15.3 Å². The Morgan fingerprint density at radius 3 is 2.47 bits per heavy atom. The number of carbonyl (C=O) groups excluding carboxylic acids is 1. The fourth-order valence-electron chi connectivity index (χ4n) is 1.45. The van der Waals surface area contributed by atoms with Gasteiger partial charge in [0.25, 0.3) is 5.91 Å². The Labute approximate surface area is 109 Å². The quantitative estimate of drug-likeness (QED) is 0.855. The number of pyridine rings is 2. The number of carboxylic acids is 1. The average Bonchev–Trinajstić information content (AvgIpc) is 2.46. The van der Waals surface area contributed by atoms with E-state index in [0.717, 1.165) is 5.56 Å². The summed E-state index contributed by atoms with van der Waals surface area (Å²) in [5, 5.41) is 11.5. The maximum Gasteiger partial charge on any atom is 0.354 e. The molecule has 96 valence electrons. The highest BCUT2D eigenvalue weighted by molar-refractivity contribution is 5.94. The third-order valence-corrected chi connectivity index (χ3v) is 2.40. The molecule has 6 nitrogen and oxygen atoms in total. The van der Waals surface area contributed by atoms with E-state index in [0.29, 0.717) is 6.54 Å². The molecule has 2 rings (SSSR count). The summed E-state index contributed by atoms with van der Waals surface area (Å²) in [6, 6.07) is 7.84. The maximum atomic E-state index is 11.8. The number of nitrogens with zero attached hydrogens (tertiary/aromatic N) is 2. The molecule has 0 bridgehead atoms. The van der Waals surface area contributed by atoms with Crippen LogP contribution in [0.15, 0.2) is 42.7 Å². The molecule has 2 heterocycles. The highest BCUT2D eigenvalue weighted by atomic mass is 16.4. The summed E-state index contributed by atoms with van der Waals surface area (Å²) in [6.07, 6.45) is 3.26. The van der Waals surface area contributed by atoms with Gasteiger partial charge in [0, 0.05) is 18.9 Å². The Balaban J connectivity index is 2.04. The first-order chi connectivity index (χ1) is 9.16. The van der Waals surface area contributed by atoms with Crippen molar-refractivity contribution < 1.29 is 14.7 Å². The summed E-state index contributed by atoms with van der Waals surface area (Å²) in [7, 11) is 0. The van der Waals surface area contributed by atoms with E-state index in [9.17, 15) is 9.59 Å². The number of carbonyl (C=O) groups is 2. The van der Waals surface area contributed by atoms with Crippen LogP contribution in [-0.2, 0) is 6.54 Å². The number of hydrogen-bond acceptors (Lipinski definition) is 4. The highest BCUT2D eigenvalue weighted by Crippen LogP contribution is 2.01. The van der Waals surface area contributed by atoms with Crippen LogP contribution in [0.1, 0.15) is 26.5 Å². The first-order valence-electron chi connectivity index (χ1n) is 5.54. The molecule has 0 aromatic carbocycles. The van der Waals surface area contributed by atoms with Gasteiger partial charge in [-0.1, -0.05) is 6.07 Å². The van der Waals surface area contributed by atoms with Crippen LogP contribution in [0.3, 0.4) is 0 Å². The van der Waals surface area contributed by atoms with E-state index in [4.69, 9.17) is 5.11 Å². The van der Waals surface area contributed by atoms with Gasteiger partial charge in [-0.2, -0.15) is 0 Å². The van der Waals surface area contributed by atoms with Crippen LogP contribution in [0, 0.1) is 0 Å². The van der Waals surface area contributed by atoms with Crippen molar-refractivity contribution in [3.05, 3.63) is 59.7 Å². The third-order valence-electron chi connectivity index (χ3n) is 2.40. The molecule has 0 unspecified atom stereocenters. The van der Waals surface area contributed by atoms with Crippen LogP contribution in [-0.4, -0.2) is 27.0 Å². The summed E-state index contributed by atoms with van der Waals surface area (Å²) in [6.45, 7) is 0.334. The van der Waals surface area contributed by atoms with Crippen molar-refractivity contribution >= 4 is 11.9 Å². The van der Waals surface area contributed by atoms with Crippen molar-refractivity contribution in [3.8, 4) is 0 Å². The number of hydrogen-bond donors (Lipinski definition) is 2. The summed E-state index contributed by atoms with van der Waals surface area (Å²) in [4.78, 5) is 30.2. The molecule has 0 spiro atoms. The van der Waals surface area contributed by atoms with Gasteiger partial charge in [-0.15, -0.1) is 0 Å². The number of nitrogens with one attached hydrogen (secondary N) is 1. The number of amides is 1. The summed E-state index contributed by atoms with van der Waals surface area (Å²) in [5.74, 6) is -1.58. The van der Waals surface area contributed by atoms with Crippen molar-refractivity contribution in [1.29, 1.82) is 0 Å².